The lowest BCUT2D eigenvalue weighted by Gasteiger charge is -2.62. The minimum absolute atomic E-state index is 0.00524. The first-order valence-electron chi connectivity index (χ1n) is 12.3. The third-order valence-corrected chi connectivity index (χ3v) is 8.43. The number of halogens is 3. The number of amides is 4. The molecule has 2 aromatic rings. The summed E-state index contributed by atoms with van der Waals surface area (Å²) < 4.78 is 31.2. The van der Waals surface area contributed by atoms with Crippen LogP contribution in [0.3, 0.4) is 0 Å². The van der Waals surface area contributed by atoms with E-state index >= 15 is 8.78 Å². The topological polar surface area (TPSA) is 78.0 Å². The highest BCUT2D eigenvalue weighted by atomic mass is 35.5. The first-order valence-corrected chi connectivity index (χ1v) is 12.7. The van der Waals surface area contributed by atoms with Crippen LogP contribution in [0, 0.1) is 0 Å². The Hall–Kier alpha value is -2.49. The van der Waals surface area contributed by atoms with E-state index in [9.17, 15) is 19.2 Å². The molecule has 0 aromatic heterocycles. The van der Waals surface area contributed by atoms with Crippen LogP contribution in [0.15, 0.2) is 18.2 Å². The van der Waals surface area contributed by atoms with Crippen molar-refractivity contribution < 1.29 is 28.0 Å². The van der Waals surface area contributed by atoms with E-state index in [1.54, 1.807) is 0 Å². The number of fused-ring (bicyclic) bond motifs is 1. The van der Waals surface area contributed by atoms with Crippen LogP contribution in [0.2, 0.25) is 15.5 Å². The van der Waals surface area contributed by atoms with Gasteiger partial charge in [0.2, 0.25) is 27.8 Å². The number of carbonyl (C=O) groups is 4. The number of hydrogen-bond acceptors (Lipinski definition) is 4. The lowest BCUT2D eigenvalue weighted by Crippen LogP contribution is -2.75. The highest BCUT2D eigenvalue weighted by Gasteiger charge is 2.64. The monoisotopic (exact) mass is 591 g/mol. The summed E-state index contributed by atoms with van der Waals surface area (Å²) in [6.45, 7) is -0.584. The Labute approximate surface area is 280 Å². The molecule has 4 amide bonds. The predicted octanol–water partition coefficient (Wildman–Crippen LogP) is -6.15. The number of hydrogen-bond donors (Lipinski definition) is 0. The minimum Gasteiger partial charge on any atom is -0.398 e. The maximum absolute atomic E-state index is 15.6. The summed E-state index contributed by atoms with van der Waals surface area (Å²) >= 11 is 5.86. The number of piperidine rings is 1. The van der Waals surface area contributed by atoms with E-state index in [2.05, 4.69) is 0 Å². The Kier molecular flexibility index (Phi) is 8.47. The predicted molar refractivity (Wildman–Crippen MR) is 173 cm³/mol. The number of benzene rings is 2. The summed E-state index contributed by atoms with van der Waals surface area (Å²) in [6.07, 6.45) is 0. The maximum Gasteiger partial charge on any atom is 0.347 e. The number of rotatable bonds is 5. The Morgan fingerprint density at radius 2 is 1.42 bits per heavy atom. The number of carbonyl (C=O) groups excluding carboxylic acids is 4. The van der Waals surface area contributed by atoms with Crippen LogP contribution in [0.25, 0.3) is 0 Å². The zero-order valence-electron chi connectivity index (χ0n) is 23.1. The number of nitrogens with zero attached hydrogens (tertiary/aromatic N) is 3. The van der Waals surface area contributed by atoms with E-state index in [0.29, 0.717) is 4.90 Å². The maximum atomic E-state index is 15.6. The molecule has 26 radical (unpaired) electrons. The van der Waals surface area contributed by atoms with Gasteiger partial charge in [0.05, 0.1) is 52.5 Å². The first kappa shape index (κ1) is 35.4. The van der Waals surface area contributed by atoms with E-state index < -0.39 is 89.7 Å². The summed E-state index contributed by atoms with van der Waals surface area (Å²) in [5.41, 5.74) is -7.41. The average molecular weight is 589 g/mol. The van der Waals surface area contributed by atoms with Crippen molar-refractivity contribution in [3.63, 3.8) is 0 Å². The highest BCUT2D eigenvalue weighted by Crippen LogP contribution is 2.57. The molecule has 4 rings (SSSR count). The third-order valence-electron chi connectivity index (χ3n) is 8.02. The molecule has 2 heterocycles. The molecule has 23 heteroatoms. The molecule has 45 heavy (non-hydrogen) atoms. The van der Waals surface area contributed by atoms with E-state index in [1.807, 2.05) is 0 Å². The Morgan fingerprint density at radius 1 is 0.911 bits per heavy atom. The van der Waals surface area contributed by atoms with Crippen LogP contribution >= 0.6 is 11.6 Å². The highest BCUT2D eigenvalue weighted by molar-refractivity contribution is 6.68. The first-order chi connectivity index (χ1) is 20.3. The van der Waals surface area contributed by atoms with Crippen molar-refractivity contribution in [1.29, 1.82) is 0 Å². The lowest BCUT2D eigenvalue weighted by atomic mass is 9.21. The van der Waals surface area contributed by atoms with Crippen molar-refractivity contribution in [2.24, 2.45) is 0 Å². The van der Waals surface area contributed by atoms with Crippen molar-refractivity contribution in [2.75, 3.05) is 0 Å². The van der Waals surface area contributed by atoms with Crippen molar-refractivity contribution >= 4 is 159 Å². The second-order valence-electron chi connectivity index (χ2n) is 10.7. The van der Waals surface area contributed by atoms with Gasteiger partial charge in [-0.2, -0.15) is 8.78 Å². The van der Waals surface area contributed by atoms with E-state index in [0.717, 1.165) is 18.2 Å². The smallest absolute Gasteiger partial charge is 0.347 e. The van der Waals surface area contributed by atoms with Gasteiger partial charge in [0, 0.05) is 22.7 Å². The molecule has 2 aliphatic rings. The molecule has 0 bridgehead atoms. The SMILES string of the molecule is [B]c1c([B])c(C(F)(F)C(=O)N([B])C([B])([B])c2ccc3c(c2)CN(C2([B])C(=O)N([B])C(=O)C([B])([B])C2([B])[B])C3=O)c([B])c([B])c1Cl. The number of imide groups is 1. The summed E-state index contributed by atoms with van der Waals surface area (Å²) in [5, 5.41) is -8.66. The summed E-state index contributed by atoms with van der Waals surface area (Å²) in [7, 11) is 76.0. The summed E-state index contributed by atoms with van der Waals surface area (Å²) in [4.78, 5) is 52.5. The standard InChI is InChI=1S/C22H5B13ClF2N3O4/c23-9-8(10(24)12(26)13(36)11(9)25)18(37,38)15(43)41(35)21(30,31)6-1-2-7-5(3-6)4-39(14(7)42)20(29)17(45)40(34)16(44)19(27,28)22(20,32)33/h1-3H,4H2. The molecule has 1 fully saturated rings. The zero-order valence-corrected chi connectivity index (χ0v) is 23.8. The normalized spacial score (nSPS) is 21.1. The molecule has 1 saturated heterocycles. The fraction of sp³-hybridized carbons (Fsp3) is 0.273. The minimum atomic E-state index is -4.61. The van der Waals surface area contributed by atoms with E-state index in [4.69, 9.17) is 114 Å². The molecule has 2 aromatic carbocycles. The lowest BCUT2D eigenvalue weighted by molar-refractivity contribution is -0.155. The molecular formula is C22H5B13ClF2N3O4. The van der Waals surface area contributed by atoms with Gasteiger partial charge in [-0.15, -0.1) is 0 Å². The van der Waals surface area contributed by atoms with Crippen LogP contribution in [-0.4, -0.2) is 146 Å². The van der Waals surface area contributed by atoms with E-state index in [-0.39, 0.29) is 26.3 Å². The van der Waals surface area contributed by atoms with Crippen LogP contribution in [-0.2, 0) is 32.2 Å². The molecule has 0 N–H and O–H groups in total. The Morgan fingerprint density at radius 3 is 1.93 bits per heavy atom. The molecular weight excluding hydrogens is 584 g/mol. The average Bonchev–Trinajstić information content (AvgIpc) is 3.31. The van der Waals surface area contributed by atoms with Crippen LogP contribution < -0.4 is 21.9 Å². The van der Waals surface area contributed by atoms with Gasteiger partial charge in [0.1, 0.15) is 39.2 Å². The van der Waals surface area contributed by atoms with Crippen molar-refractivity contribution in [3.8, 4) is 0 Å². The van der Waals surface area contributed by atoms with Gasteiger partial charge < -0.3 is 14.5 Å². The summed E-state index contributed by atoms with van der Waals surface area (Å²) in [6, 6.07) is 3.25. The molecule has 0 aliphatic carbocycles. The Bertz CT molecular complexity index is 1680. The van der Waals surface area contributed by atoms with Crippen LogP contribution in [0.1, 0.15) is 27.0 Å². The molecule has 0 saturated carbocycles. The van der Waals surface area contributed by atoms with Crippen molar-refractivity contribution in [2.45, 2.75) is 33.7 Å². The van der Waals surface area contributed by atoms with E-state index in [1.165, 1.54) is 0 Å². The van der Waals surface area contributed by atoms with Crippen LogP contribution in [0.4, 0.5) is 8.78 Å². The zero-order chi connectivity index (χ0) is 34.6. The third kappa shape index (κ3) is 4.61. The molecule has 1 atom stereocenters. The fourth-order valence-corrected chi connectivity index (χ4v) is 5.24. The second-order valence-corrected chi connectivity index (χ2v) is 11.0. The van der Waals surface area contributed by atoms with Crippen molar-refractivity contribution in [1.82, 2.24) is 14.5 Å². The van der Waals surface area contributed by atoms with Gasteiger partial charge in [-0.05, 0) is 27.7 Å². The molecule has 1 unspecified atom stereocenters. The largest absolute Gasteiger partial charge is 0.398 e. The fourth-order valence-electron chi connectivity index (χ4n) is 5.04. The van der Waals surface area contributed by atoms with Gasteiger partial charge in [-0.25, -0.2) is 0 Å². The molecule has 2 aliphatic heterocycles. The van der Waals surface area contributed by atoms with Crippen LogP contribution in [0.5, 0.6) is 0 Å². The second kappa shape index (κ2) is 10.8. The van der Waals surface area contributed by atoms with Crippen molar-refractivity contribution in [3.05, 3.63) is 45.5 Å². The Balaban J connectivity index is 1.72. The quantitative estimate of drug-likeness (QED) is 0.257. The summed E-state index contributed by atoms with van der Waals surface area (Å²) in [5.74, 6) is -10.6. The molecule has 7 nitrogen and oxygen atoms in total. The van der Waals surface area contributed by atoms with Gasteiger partial charge in [-0.1, -0.05) is 50.8 Å². The van der Waals surface area contributed by atoms with Gasteiger partial charge in [0.25, 0.3) is 11.8 Å². The van der Waals surface area contributed by atoms with Gasteiger partial charge in [0.15, 0.2) is 0 Å². The van der Waals surface area contributed by atoms with Gasteiger partial charge in [-0.3, -0.25) is 19.2 Å². The molecule has 192 valence electrons. The molecule has 0 spiro atoms. The van der Waals surface area contributed by atoms with Gasteiger partial charge >= 0.3 is 5.92 Å². The number of alkyl halides is 2.